The standard InChI is InChI=1S/C27H34N4O/c1-2-3-4-5-6-7-19-8-10-20(11-9-19)22-13-15-26(24(18-29)23(22)17-28)32-27-14-12-21(30)16-25(27)31/h12-16,19-20H,2-11,30-31H2,1H3. The molecule has 5 nitrogen and oxygen atoms in total. The molecule has 4 N–H and O–H groups in total. The highest BCUT2D eigenvalue weighted by Crippen LogP contribution is 2.41. The fourth-order valence-corrected chi connectivity index (χ4v) is 4.83. The third-order valence-corrected chi connectivity index (χ3v) is 6.68. The molecule has 1 aliphatic rings. The van der Waals surface area contributed by atoms with Crippen molar-refractivity contribution in [3.05, 3.63) is 47.0 Å². The average Bonchev–Trinajstić information content (AvgIpc) is 2.80. The molecule has 2 aromatic rings. The molecule has 3 rings (SSSR count). The minimum atomic E-state index is 0.277. The van der Waals surface area contributed by atoms with Gasteiger partial charge in [-0.15, -0.1) is 0 Å². The van der Waals surface area contributed by atoms with Crippen molar-refractivity contribution in [1.82, 2.24) is 0 Å². The maximum absolute atomic E-state index is 9.88. The normalized spacial score (nSPS) is 18.0. The van der Waals surface area contributed by atoms with Gasteiger partial charge in [0.05, 0.1) is 11.3 Å². The van der Waals surface area contributed by atoms with E-state index >= 15 is 0 Å². The van der Waals surface area contributed by atoms with Gasteiger partial charge in [-0.2, -0.15) is 10.5 Å². The van der Waals surface area contributed by atoms with Crippen LogP contribution in [0, 0.1) is 28.6 Å². The molecule has 0 aliphatic heterocycles. The van der Waals surface area contributed by atoms with Crippen molar-refractivity contribution >= 4 is 11.4 Å². The topological polar surface area (TPSA) is 109 Å². The number of nitrogens with zero attached hydrogens (tertiary/aromatic N) is 2. The zero-order valence-corrected chi connectivity index (χ0v) is 19.1. The van der Waals surface area contributed by atoms with Crippen LogP contribution >= 0.6 is 0 Å². The average molecular weight is 431 g/mol. The van der Waals surface area contributed by atoms with E-state index in [1.807, 2.05) is 6.07 Å². The first kappa shape index (κ1) is 23.5. The fraction of sp³-hybridized carbons (Fsp3) is 0.481. The minimum Gasteiger partial charge on any atom is -0.454 e. The second kappa shape index (κ2) is 11.4. The van der Waals surface area contributed by atoms with E-state index in [0.717, 1.165) is 24.3 Å². The van der Waals surface area contributed by atoms with E-state index in [4.69, 9.17) is 16.2 Å². The Morgan fingerprint density at radius 1 is 0.875 bits per heavy atom. The van der Waals surface area contributed by atoms with Crippen molar-refractivity contribution in [3.8, 4) is 23.6 Å². The molecule has 0 saturated heterocycles. The highest BCUT2D eigenvalue weighted by molar-refractivity contribution is 5.64. The Kier molecular flexibility index (Phi) is 8.40. The number of nitrogens with two attached hydrogens (primary N) is 2. The summed E-state index contributed by atoms with van der Waals surface area (Å²) >= 11 is 0. The van der Waals surface area contributed by atoms with Crippen LogP contribution in [0.15, 0.2) is 30.3 Å². The van der Waals surface area contributed by atoms with Crippen molar-refractivity contribution < 1.29 is 4.74 Å². The van der Waals surface area contributed by atoms with Gasteiger partial charge in [0.2, 0.25) is 0 Å². The number of rotatable bonds is 9. The minimum absolute atomic E-state index is 0.277. The summed E-state index contributed by atoms with van der Waals surface area (Å²) in [5.41, 5.74) is 14.4. The molecular formula is C27H34N4O. The summed E-state index contributed by atoms with van der Waals surface area (Å²) in [4.78, 5) is 0. The van der Waals surface area contributed by atoms with Gasteiger partial charge >= 0.3 is 0 Å². The molecule has 0 aromatic heterocycles. The molecule has 0 amide bonds. The van der Waals surface area contributed by atoms with Gasteiger partial charge in [-0.25, -0.2) is 0 Å². The van der Waals surface area contributed by atoms with Crippen molar-refractivity contribution in [2.75, 3.05) is 11.5 Å². The summed E-state index contributed by atoms with van der Waals surface area (Å²) in [6.45, 7) is 2.25. The summed E-state index contributed by atoms with van der Waals surface area (Å²) in [7, 11) is 0. The molecular weight excluding hydrogens is 396 g/mol. The maximum Gasteiger partial charge on any atom is 0.150 e. The number of nitrogen functional groups attached to an aromatic ring is 2. The van der Waals surface area contributed by atoms with Crippen LogP contribution in [0.1, 0.15) is 93.7 Å². The summed E-state index contributed by atoms with van der Waals surface area (Å²) in [5, 5.41) is 19.7. The van der Waals surface area contributed by atoms with Crippen LogP contribution in [0.5, 0.6) is 11.5 Å². The van der Waals surface area contributed by atoms with E-state index < -0.39 is 0 Å². The number of ether oxygens (including phenoxy) is 1. The quantitative estimate of drug-likeness (QED) is 0.328. The van der Waals surface area contributed by atoms with Crippen LogP contribution in [0.2, 0.25) is 0 Å². The van der Waals surface area contributed by atoms with Gasteiger partial charge in [0.15, 0.2) is 5.75 Å². The first-order chi connectivity index (χ1) is 15.6. The number of benzene rings is 2. The van der Waals surface area contributed by atoms with Gasteiger partial charge in [-0.05, 0) is 67.3 Å². The Balaban J connectivity index is 1.69. The van der Waals surface area contributed by atoms with E-state index in [2.05, 4.69) is 19.1 Å². The Bertz CT molecular complexity index is 994. The summed E-state index contributed by atoms with van der Waals surface area (Å²) in [6, 6.07) is 13.2. The predicted octanol–water partition coefficient (Wildman–Crippen LogP) is 7.02. The van der Waals surface area contributed by atoms with Crippen molar-refractivity contribution in [2.24, 2.45) is 5.92 Å². The van der Waals surface area contributed by atoms with Gasteiger partial charge < -0.3 is 16.2 Å². The summed E-state index contributed by atoms with van der Waals surface area (Å²) in [5.74, 6) is 1.89. The van der Waals surface area contributed by atoms with Gasteiger partial charge in [0.25, 0.3) is 0 Å². The number of hydrogen-bond acceptors (Lipinski definition) is 5. The second-order valence-electron chi connectivity index (χ2n) is 8.95. The maximum atomic E-state index is 9.88. The lowest BCUT2D eigenvalue weighted by atomic mass is 9.75. The number of unbranched alkanes of at least 4 members (excludes halogenated alkanes) is 4. The van der Waals surface area contributed by atoms with Crippen LogP contribution in [-0.2, 0) is 0 Å². The Hall–Kier alpha value is -3.18. The van der Waals surface area contributed by atoms with E-state index in [1.165, 1.54) is 51.4 Å². The zero-order valence-electron chi connectivity index (χ0n) is 19.1. The number of nitriles is 2. The highest BCUT2D eigenvalue weighted by atomic mass is 16.5. The van der Waals surface area contributed by atoms with Crippen molar-refractivity contribution in [1.29, 1.82) is 10.5 Å². The molecule has 0 atom stereocenters. The van der Waals surface area contributed by atoms with Crippen LogP contribution in [0.4, 0.5) is 11.4 Å². The number of hydrogen-bond donors (Lipinski definition) is 2. The molecule has 0 unspecified atom stereocenters. The third-order valence-electron chi connectivity index (χ3n) is 6.68. The summed E-state index contributed by atoms with van der Waals surface area (Å²) in [6.07, 6.45) is 12.5. The van der Waals surface area contributed by atoms with E-state index in [9.17, 15) is 10.5 Å². The fourth-order valence-electron chi connectivity index (χ4n) is 4.83. The molecule has 32 heavy (non-hydrogen) atoms. The molecule has 0 spiro atoms. The molecule has 1 aliphatic carbocycles. The zero-order chi connectivity index (χ0) is 22.9. The first-order valence-electron chi connectivity index (χ1n) is 11.9. The molecule has 5 heteroatoms. The van der Waals surface area contributed by atoms with Crippen LogP contribution in [0.25, 0.3) is 0 Å². The first-order valence-corrected chi connectivity index (χ1v) is 11.9. The molecule has 1 fully saturated rings. The molecule has 0 heterocycles. The number of anilines is 2. The molecule has 0 radical (unpaired) electrons. The van der Waals surface area contributed by atoms with Crippen LogP contribution < -0.4 is 16.2 Å². The monoisotopic (exact) mass is 430 g/mol. The highest BCUT2D eigenvalue weighted by Gasteiger charge is 2.26. The van der Waals surface area contributed by atoms with Crippen molar-refractivity contribution in [2.45, 2.75) is 77.0 Å². The summed E-state index contributed by atoms with van der Waals surface area (Å²) < 4.78 is 5.91. The van der Waals surface area contributed by atoms with Gasteiger partial charge in [0, 0.05) is 5.69 Å². The SMILES string of the molecule is CCCCCCCC1CCC(c2ccc(Oc3ccc(N)cc3N)c(C#N)c2C#N)CC1. The smallest absolute Gasteiger partial charge is 0.150 e. The Labute approximate surface area is 192 Å². The van der Waals surface area contributed by atoms with E-state index in [1.54, 1.807) is 24.3 Å². The Morgan fingerprint density at radius 2 is 1.56 bits per heavy atom. The molecule has 0 bridgehead atoms. The second-order valence-corrected chi connectivity index (χ2v) is 8.95. The lowest BCUT2D eigenvalue weighted by Gasteiger charge is -2.29. The molecule has 1 saturated carbocycles. The lowest BCUT2D eigenvalue weighted by molar-refractivity contribution is 0.301. The van der Waals surface area contributed by atoms with Crippen molar-refractivity contribution in [3.63, 3.8) is 0 Å². The van der Waals surface area contributed by atoms with E-state index in [-0.39, 0.29) is 5.56 Å². The van der Waals surface area contributed by atoms with Gasteiger partial charge in [-0.3, -0.25) is 0 Å². The molecule has 2 aromatic carbocycles. The van der Waals surface area contributed by atoms with Gasteiger partial charge in [-0.1, -0.05) is 51.5 Å². The largest absolute Gasteiger partial charge is 0.454 e. The van der Waals surface area contributed by atoms with E-state index in [0.29, 0.717) is 34.4 Å². The van der Waals surface area contributed by atoms with Crippen LogP contribution in [0.3, 0.4) is 0 Å². The van der Waals surface area contributed by atoms with Crippen LogP contribution in [-0.4, -0.2) is 0 Å². The third kappa shape index (κ3) is 5.74. The molecule has 168 valence electrons. The predicted molar refractivity (Wildman–Crippen MR) is 129 cm³/mol. The Morgan fingerprint density at radius 3 is 2.22 bits per heavy atom. The van der Waals surface area contributed by atoms with Gasteiger partial charge in [0.1, 0.15) is 23.5 Å². The lowest BCUT2D eigenvalue weighted by Crippen LogP contribution is -2.15.